The molecule has 0 heterocycles. The second-order valence-corrected chi connectivity index (χ2v) is 4.22. The Morgan fingerprint density at radius 2 is 2.07 bits per heavy atom. The highest BCUT2D eigenvalue weighted by molar-refractivity contribution is 5.30. The van der Waals surface area contributed by atoms with Crippen LogP contribution in [0.4, 0.5) is 0 Å². The number of aryl methyl sites for hydroxylation is 2. The number of aliphatic hydroxyl groups excluding tert-OH is 1. The maximum atomic E-state index is 8.87. The molecule has 15 heavy (non-hydrogen) atoms. The zero-order valence-electron chi connectivity index (χ0n) is 9.88. The molecule has 2 nitrogen and oxygen atoms in total. The molecule has 1 aromatic carbocycles. The molecular formula is C13H21NO. The third-order valence-corrected chi connectivity index (χ3v) is 2.67. The van der Waals surface area contributed by atoms with E-state index in [9.17, 15) is 0 Å². The van der Waals surface area contributed by atoms with Crippen molar-refractivity contribution < 1.29 is 5.11 Å². The molecule has 0 amide bonds. The van der Waals surface area contributed by atoms with E-state index >= 15 is 0 Å². The molecule has 0 fully saturated rings. The number of rotatable bonds is 5. The van der Waals surface area contributed by atoms with E-state index in [4.69, 9.17) is 5.11 Å². The number of benzene rings is 1. The molecule has 0 aliphatic heterocycles. The van der Waals surface area contributed by atoms with Gasteiger partial charge in [0.25, 0.3) is 0 Å². The summed E-state index contributed by atoms with van der Waals surface area (Å²) < 4.78 is 0. The van der Waals surface area contributed by atoms with Crippen LogP contribution in [0.5, 0.6) is 0 Å². The third kappa shape index (κ3) is 4.02. The standard InChI is InChI=1S/C13H21NO/c1-10-4-5-11(2)13(8-10)6-7-14-12(3)9-15/h4-5,8,12,14-15H,6-7,9H2,1-3H3. The van der Waals surface area contributed by atoms with Crippen LogP contribution in [0.15, 0.2) is 18.2 Å². The monoisotopic (exact) mass is 207 g/mol. The van der Waals surface area contributed by atoms with E-state index in [1.807, 2.05) is 6.92 Å². The maximum absolute atomic E-state index is 8.87. The lowest BCUT2D eigenvalue weighted by Gasteiger charge is -2.12. The van der Waals surface area contributed by atoms with Crippen LogP contribution in [0.3, 0.4) is 0 Å². The van der Waals surface area contributed by atoms with Crippen molar-refractivity contribution >= 4 is 0 Å². The molecule has 2 heteroatoms. The molecule has 1 rings (SSSR count). The van der Waals surface area contributed by atoms with Crippen LogP contribution >= 0.6 is 0 Å². The van der Waals surface area contributed by atoms with Gasteiger partial charge >= 0.3 is 0 Å². The largest absolute Gasteiger partial charge is 0.395 e. The molecule has 2 N–H and O–H groups in total. The normalized spacial score (nSPS) is 12.8. The molecular weight excluding hydrogens is 186 g/mol. The van der Waals surface area contributed by atoms with Crippen molar-refractivity contribution in [2.75, 3.05) is 13.2 Å². The number of aliphatic hydroxyl groups is 1. The second-order valence-electron chi connectivity index (χ2n) is 4.22. The van der Waals surface area contributed by atoms with E-state index < -0.39 is 0 Å². The quantitative estimate of drug-likeness (QED) is 0.772. The Bertz CT molecular complexity index is 309. The van der Waals surface area contributed by atoms with Crippen molar-refractivity contribution in [1.82, 2.24) is 5.32 Å². The molecule has 1 atom stereocenters. The van der Waals surface area contributed by atoms with Crippen LogP contribution in [-0.4, -0.2) is 24.3 Å². The topological polar surface area (TPSA) is 32.3 Å². The van der Waals surface area contributed by atoms with Gasteiger partial charge in [0.2, 0.25) is 0 Å². The first kappa shape index (κ1) is 12.2. The lowest BCUT2D eigenvalue weighted by Crippen LogP contribution is -2.31. The van der Waals surface area contributed by atoms with Crippen molar-refractivity contribution in [3.8, 4) is 0 Å². The smallest absolute Gasteiger partial charge is 0.0581 e. The lowest BCUT2D eigenvalue weighted by atomic mass is 10.0. The SMILES string of the molecule is Cc1ccc(C)c(CCNC(C)CO)c1. The molecule has 84 valence electrons. The van der Waals surface area contributed by atoms with Gasteiger partial charge in [-0.05, 0) is 44.9 Å². The van der Waals surface area contributed by atoms with Gasteiger partial charge in [-0.1, -0.05) is 23.8 Å². The molecule has 0 aromatic heterocycles. The average molecular weight is 207 g/mol. The number of hydrogen-bond donors (Lipinski definition) is 2. The molecule has 0 aliphatic carbocycles. The van der Waals surface area contributed by atoms with Gasteiger partial charge in [0.05, 0.1) is 6.61 Å². The maximum Gasteiger partial charge on any atom is 0.0581 e. The Morgan fingerprint density at radius 1 is 1.33 bits per heavy atom. The van der Waals surface area contributed by atoms with Crippen molar-refractivity contribution in [1.29, 1.82) is 0 Å². The van der Waals surface area contributed by atoms with E-state index in [0.29, 0.717) is 0 Å². The van der Waals surface area contributed by atoms with E-state index in [0.717, 1.165) is 13.0 Å². The highest BCUT2D eigenvalue weighted by atomic mass is 16.3. The summed E-state index contributed by atoms with van der Waals surface area (Å²) in [6.45, 7) is 7.37. The summed E-state index contributed by atoms with van der Waals surface area (Å²) in [5, 5.41) is 12.1. The summed E-state index contributed by atoms with van der Waals surface area (Å²) in [7, 11) is 0. The molecule has 0 bridgehead atoms. The highest BCUT2D eigenvalue weighted by Crippen LogP contribution is 2.10. The van der Waals surface area contributed by atoms with Crippen molar-refractivity contribution in [3.05, 3.63) is 34.9 Å². The van der Waals surface area contributed by atoms with Crippen LogP contribution in [-0.2, 0) is 6.42 Å². The number of nitrogens with one attached hydrogen (secondary N) is 1. The Hall–Kier alpha value is -0.860. The van der Waals surface area contributed by atoms with E-state index in [-0.39, 0.29) is 12.6 Å². The van der Waals surface area contributed by atoms with Gasteiger partial charge in [0.15, 0.2) is 0 Å². The summed E-state index contributed by atoms with van der Waals surface area (Å²) in [6, 6.07) is 6.73. The molecule has 0 radical (unpaired) electrons. The molecule has 1 aromatic rings. The zero-order valence-corrected chi connectivity index (χ0v) is 9.88. The van der Waals surface area contributed by atoms with Crippen molar-refractivity contribution in [2.24, 2.45) is 0 Å². The summed E-state index contributed by atoms with van der Waals surface area (Å²) in [5.41, 5.74) is 4.05. The van der Waals surface area contributed by atoms with E-state index in [1.54, 1.807) is 0 Å². The van der Waals surface area contributed by atoms with E-state index in [2.05, 4.69) is 37.4 Å². The third-order valence-electron chi connectivity index (χ3n) is 2.67. The van der Waals surface area contributed by atoms with Crippen LogP contribution in [0.2, 0.25) is 0 Å². The summed E-state index contributed by atoms with van der Waals surface area (Å²) in [5.74, 6) is 0. The van der Waals surface area contributed by atoms with Gasteiger partial charge in [0.1, 0.15) is 0 Å². The second kappa shape index (κ2) is 5.89. The summed E-state index contributed by atoms with van der Waals surface area (Å²) in [4.78, 5) is 0. The van der Waals surface area contributed by atoms with Gasteiger partial charge in [-0.15, -0.1) is 0 Å². The fourth-order valence-electron chi connectivity index (χ4n) is 1.59. The first-order valence-electron chi connectivity index (χ1n) is 5.54. The molecule has 1 unspecified atom stereocenters. The summed E-state index contributed by atoms with van der Waals surface area (Å²) >= 11 is 0. The Balaban J connectivity index is 2.46. The zero-order chi connectivity index (χ0) is 11.3. The van der Waals surface area contributed by atoms with Crippen LogP contribution in [0.1, 0.15) is 23.6 Å². The minimum absolute atomic E-state index is 0.190. The van der Waals surface area contributed by atoms with Gasteiger partial charge in [-0.25, -0.2) is 0 Å². The van der Waals surface area contributed by atoms with Gasteiger partial charge < -0.3 is 10.4 Å². The van der Waals surface area contributed by atoms with E-state index in [1.165, 1.54) is 16.7 Å². The average Bonchev–Trinajstić information content (AvgIpc) is 2.23. The first-order valence-corrected chi connectivity index (χ1v) is 5.54. The predicted molar refractivity (Wildman–Crippen MR) is 64.2 cm³/mol. The predicted octanol–water partition coefficient (Wildman–Crippen LogP) is 1.82. The molecule has 0 saturated carbocycles. The van der Waals surface area contributed by atoms with Crippen LogP contribution < -0.4 is 5.32 Å². The Labute approximate surface area is 92.3 Å². The Morgan fingerprint density at radius 3 is 2.73 bits per heavy atom. The minimum Gasteiger partial charge on any atom is -0.395 e. The van der Waals surface area contributed by atoms with Gasteiger partial charge in [-0.3, -0.25) is 0 Å². The fraction of sp³-hybridized carbons (Fsp3) is 0.538. The molecule has 0 aliphatic rings. The first-order chi connectivity index (χ1) is 7.13. The molecule has 0 saturated heterocycles. The van der Waals surface area contributed by atoms with Crippen LogP contribution in [0.25, 0.3) is 0 Å². The van der Waals surface area contributed by atoms with Gasteiger partial charge in [-0.2, -0.15) is 0 Å². The highest BCUT2D eigenvalue weighted by Gasteiger charge is 2.01. The Kier molecular flexibility index (Phi) is 4.79. The minimum atomic E-state index is 0.190. The van der Waals surface area contributed by atoms with Crippen molar-refractivity contribution in [3.63, 3.8) is 0 Å². The van der Waals surface area contributed by atoms with Gasteiger partial charge in [0, 0.05) is 6.04 Å². The van der Waals surface area contributed by atoms with Crippen molar-refractivity contribution in [2.45, 2.75) is 33.2 Å². The lowest BCUT2D eigenvalue weighted by molar-refractivity contribution is 0.252. The fourth-order valence-corrected chi connectivity index (χ4v) is 1.59. The number of hydrogen-bond acceptors (Lipinski definition) is 2. The van der Waals surface area contributed by atoms with Crippen LogP contribution in [0, 0.1) is 13.8 Å². The molecule has 0 spiro atoms. The summed E-state index contributed by atoms with van der Waals surface area (Å²) in [6.07, 6.45) is 1.03.